The number of nitrogens with zero attached hydrogens (tertiary/aromatic N) is 2. The van der Waals surface area contributed by atoms with E-state index >= 15 is 0 Å². The number of carbonyl (C=O) groups excluding carboxylic acids is 3. The number of carbonyl (C=O) groups is 3. The van der Waals surface area contributed by atoms with Crippen molar-refractivity contribution < 1.29 is 14.4 Å². The zero-order valence-corrected chi connectivity index (χ0v) is 16.1. The first-order chi connectivity index (χ1) is 13.5. The molecule has 0 radical (unpaired) electrons. The van der Waals surface area contributed by atoms with Crippen LogP contribution in [0.3, 0.4) is 0 Å². The molecule has 1 aromatic heterocycles. The Morgan fingerprint density at radius 1 is 1.07 bits per heavy atom. The lowest BCUT2D eigenvalue weighted by Gasteiger charge is -2.14. The number of hydrogen-bond donors (Lipinski definition) is 1. The zero-order valence-electron chi connectivity index (χ0n) is 14.5. The van der Waals surface area contributed by atoms with Crippen LogP contribution < -0.4 is 10.2 Å². The number of aromatic nitrogens is 1. The number of halogens is 1. The predicted molar refractivity (Wildman–Crippen MR) is 109 cm³/mol. The van der Waals surface area contributed by atoms with Crippen LogP contribution >= 0.6 is 22.9 Å². The molecule has 0 saturated carbocycles. The summed E-state index contributed by atoms with van der Waals surface area (Å²) in [5.74, 6) is -0.889. The summed E-state index contributed by atoms with van der Waals surface area (Å²) in [6.07, 6.45) is 0.387. The van der Waals surface area contributed by atoms with Crippen molar-refractivity contribution in [2.45, 2.75) is 12.8 Å². The molecule has 1 N–H and O–H groups in total. The predicted octanol–water partition coefficient (Wildman–Crippen LogP) is 4.37. The normalized spacial score (nSPS) is 13.8. The van der Waals surface area contributed by atoms with Crippen molar-refractivity contribution in [3.05, 3.63) is 64.5 Å². The molecule has 3 amide bonds. The molecule has 4 rings (SSSR count). The van der Waals surface area contributed by atoms with E-state index in [0.29, 0.717) is 27.1 Å². The summed E-state index contributed by atoms with van der Waals surface area (Å²) < 4.78 is 0. The average molecular weight is 412 g/mol. The summed E-state index contributed by atoms with van der Waals surface area (Å²) in [5, 5.41) is 5.57. The van der Waals surface area contributed by atoms with Gasteiger partial charge in [-0.1, -0.05) is 35.9 Å². The van der Waals surface area contributed by atoms with Crippen molar-refractivity contribution in [3.63, 3.8) is 0 Å². The van der Waals surface area contributed by atoms with E-state index in [4.69, 9.17) is 11.6 Å². The van der Waals surface area contributed by atoms with Crippen molar-refractivity contribution in [1.82, 2.24) is 4.98 Å². The summed E-state index contributed by atoms with van der Waals surface area (Å²) >= 11 is 7.48. The van der Waals surface area contributed by atoms with Gasteiger partial charge in [0.1, 0.15) is 0 Å². The van der Waals surface area contributed by atoms with E-state index in [2.05, 4.69) is 10.3 Å². The van der Waals surface area contributed by atoms with Gasteiger partial charge in [0.2, 0.25) is 11.8 Å². The molecule has 2 heterocycles. The minimum absolute atomic E-state index is 0.194. The molecular weight excluding hydrogens is 398 g/mol. The van der Waals surface area contributed by atoms with Crippen LogP contribution in [0.4, 0.5) is 10.8 Å². The minimum atomic E-state index is -0.374. The quantitative estimate of drug-likeness (QED) is 0.646. The van der Waals surface area contributed by atoms with Gasteiger partial charge < -0.3 is 0 Å². The summed E-state index contributed by atoms with van der Waals surface area (Å²) in [6, 6.07) is 13.8. The van der Waals surface area contributed by atoms with Gasteiger partial charge in [0, 0.05) is 34.4 Å². The Hall–Kier alpha value is -3.03. The van der Waals surface area contributed by atoms with Gasteiger partial charge >= 0.3 is 0 Å². The lowest BCUT2D eigenvalue weighted by molar-refractivity contribution is -0.121. The van der Waals surface area contributed by atoms with E-state index in [0.717, 1.165) is 10.5 Å². The van der Waals surface area contributed by atoms with E-state index in [-0.39, 0.29) is 30.6 Å². The van der Waals surface area contributed by atoms with Crippen LogP contribution in [0.25, 0.3) is 11.3 Å². The Balaban J connectivity index is 1.53. The molecule has 0 spiro atoms. The minimum Gasteiger partial charge on any atom is -0.298 e. The second-order valence-electron chi connectivity index (χ2n) is 6.15. The van der Waals surface area contributed by atoms with Crippen LogP contribution in [-0.4, -0.2) is 22.7 Å². The second-order valence-corrected chi connectivity index (χ2v) is 7.41. The van der Waals surface area contributed by atoms with Gasteiger partial charge in [-0.25, -0.2) is 4.98 Å². The van der Waals surface area contributed by atoms with E-state index < -0.39 is 0 Å². The number of thiazole rings is 1. The van der Waals surface area contributed by atoms with Crippen molar-refractivity contribution in [2.24, 2.45) is 0 Å². The summed E-state index contributed by atoms with van der Waals surface area (Å²) in [4.78, 5) is 41.9. The smallest absolute Gasteiger partial charge is 0.257 e. The zero-order chi connectivity index (χ0) is 19.7. The van der Waals surface area contributed by atoms with E-state index in [1.165, 1.54) is 17.4 Å². The molecule has 1 saturated heterocycles. The number of benzene rings is 2. The molecule has 3 aromatic rings. The molecule has 0 atom stereocenters. The van der Waals surface area contributed by atoms with E-state index in [9.17, 15) is 14.4 Å². The SMILES string of the molecule is O=C(Nc1nc(-c2ccccc2Cl)cs1)c1cccc(N2C(=O)CCC2=O)c1. The topological polar surface area (TPSA) is 79.4 Å². The molecule has 0 unspecified atom stereocenters. The fourth-order valence-electron chi connectivity index (χ4n) is 2.94. The standard InChI is InChI=1S/C20H14ClN3O3S/c21-15-7-2-1-6-14(15)16-11-28-20(22-16)23-19(27)12-4-3-5-13(10-12)24-17(25)8-9-18(24)26/h1-7,10-11H,8-9H2,(H,22,23,27). The van der Waals surface area contributed by atoms with Gasteiger partial charge in [-0.15, -0.1) is 11.3 Å². The molecule has 1 fully saturated rings. The molecule has 6 nitrogen and oxygen atoms in total. The average Bonchev–Trinajstić information content (AvgIpc) is 3.28. The van der Waals surface area contributed by atoms with Gasteiger partial charge in [-0.2, -0.15) is 0 Å². The maximum absolute atomic E-state index is 12.6. The third-order valence-electron chi connectivity index (χ3n) is 4.29. The van der Waals surface area contributed by atoms with Gasteiger partial charge in [0.25, 0.3) is 5.91 Å². The molecule has 28 heavy (non-hydrogen) atoms. The van der Waals surface area contributed by atoms with Crippen LogP contribution in [0.2, 0.25) is 5.02 Å². The number of amides is 3. The molecule has 0 bridgehead atoms. The van der Waals surface area contributed by atoms with Gasteiger partial charge in [0.05, 0.1) is 11.4 Å². The van der Waals surface area contributed by atoms with Crippen molar-refractivity contribution in [3.8, 4) is 11.3 Å². The number of hydrogen-bond acceptors (Lipinski definition) is 5. The molecular formula is C20H14ClN3O3S. The first-order valence-corrected chi connectivity index (χ1v) is 9.76. The summed E-state index contributed by atoms with van der Waals surface area (Å²) in [5.41, 5.74) is 2.19. The highest BCUT2D eigenvalue weighted by Gasteiger charge is 2.30. The Morgan fingerprint density at radius 3 is 2.57 bits per heavy atom. The third-order valence-corrected chi connectivity index (χ3v) is 5.38. The van der Waals surface area contributed by atoms with Gasteiger partial charge in [-0.3, -0.25) is 24.6 Å². The highest BCUT2D eigenvalue weighted by molar-refractivity contribution is 7.14. The Morgan fingerprint density at radius 2 is 1.82 bits per heavy atom. The van der Waals surface area contributed by atoms with E-state index in [1.54, 1.807) is 24.3 Å². The number of anilines is 2. The highest BCUT2D eigenvalue weighted by Crippen LogP contribution is 2.30. The first kappa shape index (κ1) is 18.3. The largest absolute Gasteiger partial charge is 0.298 e. The van der Waals surface area contributed by atoms with Crippen LogP contribution in [0.5, 0.6) is 0 Å². The Kier molecular flexibility index (Phi) is 4.93. The third kappa shape index (κ3) is 3.54. The number of nitrogens with one attached hydrogen (secondary N) is 1. The van der Waals surface area contributed by atoms with Crippen molar-refractivity contribution in [1.29, 1.82) is 0 Å². The lowest BCUT2D eigenvalue weighted by Crippen LogP contribution is -2.28. The molecule has 1 aliphatic rings. The maximum Gasteiger partial charge on any atom is 0.257 e. The summed E-state index contributed by atoms with van der Waals surface area (Å²) in [7, 11) is 0. The lowest BCUT2D eigenvalue weighted by atomic mass is 10.1. The van der Waals surface area contributed by atoms with Crippen molar-refractivity contribution in [2.75, 3.05) is 10.2 Å². The molecule has 140 valence electrons. The highest BCUT2D eigenvalue weighted by atomic mass is 35.5. The van der Waals surface area contributed by atoms with E-state index in [1.807, 2.05) is 23.6 Å². The Bertz CT molecular complexity index is 1080. The van der Waals surface area contributed by atoms with Gasteiger partial charge in [0.15, 0.2) is 5.13 Å². The monoisotopic (exact) mass is 411 g/mol. The van der Waals surface area contributed by atoms with Crippen LogP contribution in [0.15, 0.2) is 53.9 Å². The molecule has 2 aromatic carbocycles. The van der Waals surface area contributed by atoms with Crippen molar-refractivity contribution >= 4 is 51.5 Å². The first-order valence-electron chi connectivity index (χ1n) is 8.50. The van der Waals surface area contributed by atoms with Crippen LogP contribution in [0, 0.1) is 0 Å². The summed E-state index contributed by atoms with van der Waals surface area (Å²) in [6.45, 7) is 0. The fraction of sp³-hybridized carbons (Fsp3) is 0.100. The van der Waals surface area contributed by atoms with Crippen LogP contribution in [-0.2, 0) is 9.59 Å². The maximum atomic E-state index is 12.6. The molecule has 8 heteroatoms. The molecule has 1 aliphatic heterocycles. The van der Waals surface area contributed by atoms with Crippen LogP contribution in [0.1, 0.15) is 23.2 Å². The number of rotatable bonds is 4. The second kappa shape index (κ2) is 7.53. The fourth-order valence-corrected chi connectivity index (χ4v) is 3.88. The van der Waals surface area contributed by atoms with Gasteiger partial charge in [-0.05, 0) is 24.3 Å². The molecule has 0 aliphatic carbocycles. The number of imide groups is 1. The Labute approximate surface area is 169 Å².